The molecule has 0 radical (unpaired) electrons. The van der Waals surface area contributed by atoms with Crippen molar-refractivity contribution < 1.29 is 9.18 Å². The lowest BCUT2D eigenvalue weighted by atomic mass is 10.1. The molecular weight excluding hydrogens is 391 g/mol. The molecule has 0 aliphatic carbocycles. The van der Waals surface area contributed by atoms with Crippen molar-refractivity contribution in [3.63, 3.8) is 0 Å². The van der Waals surface area contributed by atoms with E-state index in [1.54, 1.807) is 12.1 Å². The standard InChI is InChI=1S/C22H16ClFN4O/c23-18-10-8-15(12-19(18)24)25-22(29)26-16-7-9-17-20(27-28-21(17)13-16)11-6-14-4-2-1-3-5-14/h1-13H,(H,27,28)(H2,25,26,29)/b11-6+. The number of urea groups is 1. The van der Waals surface area contributed by atoms with Crippen LogP contribution in [0.3, 0.4) is 0 Å². The fourth-order valence-corrected chi connectivity index (χ4v) is 2.97. The van der Waals surface area contributed by atoms with Crippen LogP contribution in [-0.2, 0) is 0 Å². The SMILES string of the molecule is O=C(Nc1ccc(Cl)c(F)c1)Nc1ccc2c(/C=C/c3ccccc3)n[nH]c2c1. The lowest BCUT2D eigenvalue weighted by Gasteiger charge is -2.08. The van der Waals surface area contributed by atoms with Crippen molar-refractivity contribution in [2.75, 3.05) is 10.6 Å². The highest BCUT2D eigenvalue weighted by Gasteiger charge is 2.08. The number of benzene rings is 3. The molecule has 0 aliphatic heterocycles. The van der Waals surface area contributed by atoms with E-state index in [4.69, 9.17) is 11.6 Å². The van der Waals surface area contributed by atoms with Crippen molar-refractivity contribution in [2.45, 2.75) is 0 Å². The molecule has 5 nitrogen and oxygen atoms in total. The van der Waals surface area contributed by atoms with E-state index < -0.39 is 11.8 Å². The van der Waals surface area contributed by atoms with Gasteiger partial charge in [-0.05, 0) is 48.0 Å². The van der Waals surface area contributed by atoms with Gasteiger partial charge in [-0.2, -0.15) is 5.10 Å². The van der Waals surface area contributed by atoms with Crippen LogP contribution in [-0.4, -0.2) is 16.2 Å². The van der Waals surface area contributed by atoms with Gasteiger partial charge >= 0.3 is 6.03 Å². The molecule has 0 spiro atoms. The highest BCUT2D eigenvalue weighted by atomic mass is 35.5. The Labute approximate surface area is 171 Å². The molecule has 4 rings (SSSR count). The molecule has 0 saturated carbocycles. The number of hydrogen-bond acceptors (Lipinski definition) is 2. The summed E-state index contributed by atoms with van der Waals surface area (Å²) in [6.07, 6.45) is 3.92. The summed E-state index contributed by atoms with van der Waals surface area (Å²) in [5, 5.41) is 13.5. The number of amides is 2. The zero-order valence-electron chi connectivity index (χ0n) is 15.1. The monoisotopic (exact) mass is 406 g/mol. The highest BCUT2D eigenvalue weighted by molar-refractivity contribution is 6.30. The van der Waals surface area contributed by atoms with Crippen LogP contribution >= 0.6 is 11.6 Å². The summed E-state index contributed by atoms with van der Waals surface area (Å²) in [7, 11) is 0. The third-order valence-corrected chi connectivity index (χ3v) is 4.57. The summed E-state index contributed by atoms with van der Waals surface area (Å²) in [6, 6.07) is 19.0. The number of aromatic amines is 1. The maximum absolute atomic E-state index is 13.5. The molecule has 7 heteroatoms. The molecule has 4 aromatic rings. The largest absolute Gasteiger partial charge is 0.323 e. The number of halogens is 2. The van der Waals surface area contributed by atoms with Gasteiger partial charge in [0.1, 0.15) is 5.82 Å². The van der Waals surface area contributed by atoms with Crippen LogP contribution in [0.5, 0.6) is 0 Å². The van der Waals surface area contributed by atoms with Gasteiger partial charge in [0.2, 0.25) is 0 Å². The van der Waals surface area contributed by atoms with E-state index in [0.29, 0.717) is 11.4 Å². The first-order chi connectivity index (χ1) is 14.1. The van der Waals surface area contributed by atoms with Gasteiger partial charge < -0.3 is 10.6 Å². The van der Waals surface area contributed by atoms with Crippen LogP contribution < -0.4 is 10.6 Å². The Balaban J connectivity index is 1.47. The molecule has 144 valence electrons. The Morgan fingerprint density at radius 3 is 2.45 bits per heavy atom. The lowest BCUT2D eigenvalue weighted by Crippen LogP contribution is -2.19. The maximum atomic E-state index is 13.5. The van der Waals surface area contributed by atoms with Crippen molar-refractivity contribution in [2.24, 2.45) is 0 Å². The van der Waals surface area contributed by atoms with Crippen LogP contribution in [0.25, 0.3) is 23.1 Å². The predicted octanol–water partition coefficient (Wildman–Crippen LogP) is 6.17. The van der Waals surface area contributed by atoms with Crippen molar-refractivity contribution in [1.82, 2.24) is 10.2 Å². The first-order valence-electron chi connectivity index (χ1n) is 8.83. The van der Waals surface area contributed by atoms with Crippen LogP contribution in [0.2, 0.25) is 5.02 Å². The minimum atomic E-state index is -0.598. The van der Waals surface area contributed by atoms with Crippen LogP contribution in [0, 0.1) is 5.82 Å². The number of carbonyl (C=O) groups is 1. The fourth-order valence-electron chi connectivity index (χ4n) is 2.85. The first kappa shape index (κ1) is 18.7. The Morgan fingerprint density at radius 2 is 1.69 bits per heavy atom. The second-order valence-corrected chi connectivity index (χ2v) is 6.73. The smallest absolute Gasteiger partial charge is 0.308 e. The number of hydrogen-bond donors (Lipinski definition) is 3. The molecule has 29 heavy (non-hydrogen) atoms. The van der Waals surface area contributed by atoms with Gasteiger partial charge in [-0.3, -0.25) is 5.10 Å². The van der Waals surface area contributed by atoms with Gasteiger partial charge in [0.05, 0.1) is 16.2 Å². The molecule has 2 amide bonds. The molecule has 1 heterocycles. The van der Waals surface area contributed by atoms with E-state index in [2.05, 4.69) is 20.8 Å². The van der Waals surface area contributed by atoms with Gasteiger partial charge in [0.15, 0.2) is 0 Å². The average molecular weight is 407 g/mol. The average Bonchev–Trinajstić information content (AvgIpc) is 3.12. The van der Waals surface area contributed by atoms with E-state index in [0.717, 1.165) is 28.2 Å². The summed E-state index contributed by atoms with van der Waals surface area (Å²) in [4.78, 5) is 12.2. The topological polar surface area (TPSA) is 69.8 Å². The second kappa shape index (κ2) is 8.16. The number of anilines is 2. The fraction of sp³-hybridized carbons (Fsp3) is 0. The van der Waals surface area contributed by atoms with E-state index in [1.165, 1.54) is 12.1 Å². The number of H-pyrrole nitrogens is 1. The molecule has 0 fully saturated rings. The van der Waals surface area contributed by atoms with Crippen molar-refractivity contribution >= 4 is 52.1 Å². The quantitative estimate of drug-likeness (QED) is 0.379. The first-order valence-corrected chi connectivity index (χ1v) is 9.20. The molecule has 1 aromatic heterocycles. The number of fused-ring (bicyclic) bond motifs is 1. The van der Waals surface area contributed by atoms with Gasteiger partial charge in [-0.15, -0.1) is 0 Å². The maximum Gasteiger partial charge on any atom is 0.323 e. The zero-order valence-corrected chi connectivity index (χ0v) is 15.9. The highest BCUT2D eigenvalue weighted by Crippen LogP contribution is 2.23. The number of nitrogens with zero attached hydrogens (tertiary/aromatic N) is 1. The molecular formula is C22H16ClFN4O. The second-order valence-electron chi connectivity index (χ2n) is 6.32. The van der Waals surface area contributed by atoms with Gasteiger partial charge in [0.25, 0.3) is 0 Å². The van der Waals surface area contributed by atoms with Crippen molar-refractivity contribution in [3.8, 4) is 0 Å². The van der Waals surface area contributed by atoms with Crippen LogP contribution in [0.15, 0.2) is 66.7 Å². The van der Waals surface area contributed by atoms with Gasteiger partial charge in [-0.25, -0.2) is 9.18 Å². The number of rotatable bonds is 4. The third-order valence-electron chi connectivity index (χ3n) is 4.26. The Morgan fingerprint density at radius 1 is 0.966 bits per heavy atom. The zero-order chi connectivity index (χ0) is 20.2. The molecule has 3 N–H and O–H groups in total. The van der Waals surface area contributed by atoms with Gasteiger partial charge in [-0.1, -0.05) is 48.0 Å². The summed E-state index contributed by atoms with van der Waals surface area (Å²) in [5.41, 5.74) is 3.55. The summed E-state index contributed by atoms with van der Waals surface area (Å²) < 4.78 is 13.5. The van der Waals surface area contributed by atoms with E-state index in [9.17, 15) is 9.18 Å². The number of aromatic nitrogens is 2. The summed E-state index contributed by atoms with van der Waals surface area (Å²) in [5.74, 6) is -0.598. The summed E-state index contributed by atoms with van der Waals surface area (Å²) >= 11 is 5.64. The normalized spacial score (nSPS) is 11.1. The molecule has 0 saturated heterocycles. The predicted molar refractivity (Wildman–Crippen MR) is 116 cm³/mol. The number of carbonyl (C=O) groups excluding carboxylic acids is 1. The number of nitrogens with one attached hydrogen (secondary N) is 3. The van der Waals surface area contributed by atoms with Crippen molar-refractivity contribution in [3.05, 3.63) is 88.8 Å². The minimum absolute atomic E-state index is 0.00206. The molecule has 0 unspecified atom stereocenters. The summed E-state index contributed by atoms with van der Waals surface area (Å²) in [6.45, 7) is 0. The molecule has 0 atom stereocenters. The van der Waals surface area contributed by atoms with Crippen molar-refractivity contribution in [1.29, 1.82) is 0 Å². The minimum Gasteiger partial charge on any atom is -0.308 e. The Hall–Kier alpha value is -3.64. The molecule has 0 bridgehead atoms. The molecule has 0 aliphatic rings. The van der Waals surface area contributed by atoms with E-state index in [-0.39, 0.29) is 5.02 Å². The Kier molecular flexibility index (Phi) is 5.27. The van der Waals surface area contributed by atoms with E-state index >= 15 is 0 Å². The van der Waals surface area contributed by atoms with Crippen LogP contribution in [0.4, 0.5) is 20.6 Å². The Bertz CT molecular complexity index is 1200. The van der Waals surface area contributed by atoms with Crippen LogP contribution in [0.1, 0.15) is 11.3 Å². The lowest BCUT2D eigenvalue weighted by molar-refractivity contribution is 0.262. The van der Waals surface area contributed by atoms with Gasteiger partial charge in [0, 0.05) is 16.8 Å². The van der Waals surface area contributed by atoms with E-state index in [1.807, 2.05) is 48.6 Å². The molecule has 3 aromatic carbocycles. The third kappa shape index (κ3) is 4.44.